The highest BCUT2D eigenvalue weighted by molar-refractivity contribution is 9.10. The van der Waals surface area contributed by atoms with E-state index in [2.05, 4.69) is 65.1 Å². The van der Waals surface area contributed by atoms with Crippen LogP contribution in [0.2, 0.25) is 0 Å². The summed E-state index contributed by atoms with van der Waals surface area (Å²) in [4.78, 5) is 0. The molecule has 3 rings (SSSR count). The standard InChI is InChI=1S/C17H24BrNOS/c1-3-8-19-15-11-17(7-4-9-21-12(17)2)20-16-6-5-13(18)10-14(15)16/h5-6,10,12,15,19H,3-4,7-9,11H2,1-2H3. The summed E-state index contributed by atoms with van der Waals surface area (Å²) >= 11 is 5.66. The van der Waals surface area contributed by atoms with Crippen LogP contribution in [0.25, 0.3) is 0 Å². The fourth-order valence-corrected chi connectivity index (χ4v) is 5.10. The molecule has 1 aromatic rings. The first-order valence-electron chi connectivity index (χ1n) is 7.98. The number of thioether (sulfide) groups is 1. The van der Waals surface area contributed by atoms with Gasteiger partial charge in [-0.2, -0.15) is 11.8 Å². The van der Waals surface area contributed by atoms with Crippen LogP contribution in [0.5, 0.6) is 5.75 Å². The van der Waals surface area contributed by atoms with E-state index >= 15 is 0 Å². The highest BCUT2D eigenvalue weighted by Gasteiger charge is 2.46. The van der Waals surface area contributed by atoms with Gasteiger partial charge in [0.1, 0.15) is 11.4 Å². The van der Waals surface area contributed by atoms with Crippen molar-refractivity contribution in [2.45, 2.75) is 56.4 Å². The van der Waals surface area contributed by atoms with E-state index in [-0.39, 0.29) is 5.60 Å². The average molecular weight is 370 g/mol. The lowest BCUT2D eigenvalue weighted by atomic mass is 9.81. The molecule has 1 saturated heterocycles. The molecular weight excluding hydrogens is 346 g/mol. The molecule has 3 unspecified atom stereocenters. The second-order valence-electron chi connectivity index (χ2n) is 6.18. The lowest BCUT2D eigenvalue weighted by Gasteiger charge is -2.48. The normalized spacial score (nSPS) is 31.8. The molecule has 0 saturated carbocycles. The Kier molecular flexibility index (Phi) is 4.87. The number of benzene rings is 1. The second-order valence-corrected chi connectivity index (χ2v) is 8.54. The number of fused-ring (bicyclic) bond motifs is 1. The van der Waals surface area contributed by atoms with Gasteiger partial charge in [-0.3, -0.25) is 0 Å². The van der Waals surface area contributed by atoms with Crippen molar-refractivity contribution in [3.8, 4) is 5.75 Å². The molecule has 1 N–H and O–H groups in total. The third kappa shape index (κ3) is 3.13. The SMILES string of the molecule is CCCNC1CC2(CCCSC2C)Oc2ccc(Br)cc21. The molecule has 116 valence electrons. The molecule has 2 aliphatic heterocycles. The minimum Gasteiger partial charge on any atom is -0.486 e. The van der Waals surface area contributed by atoms with Crippen LogP contribution < -0.4 is 10.1 Å². The topological polar surface area (TPSA) is 21.3 Å². The molecule has 0 bridgehead atoms. The summed E-state index contributed by atoms with van der Waals surface area (Å²) in [7, 11) is 0. The number of nitrogens with one attached hydrogen (secondary N) is 1. The zero-order valence-corrected chi connectivity index (χ0v) is 15.2. The molecule has 1 fully saturated rings. The van der Waals surface area contributed by atoms with Gasteiger partial charge < -0.3 is 10.1 Å². The second kappa shape index (κ2) is 6.51. The Balaban J connectivity index is 1.94. The van der Waals surface area contributed by atoms with Crippen LogP contribution in [0.1, 0.15) is 51.1 Å². The van der Waals surface area contributed by atoms with Crippen LogP contribution in [0.15, 0.2) is 22.7 Å². The number of hydrogen-bond donors (Lipinski definition) is 1. The molecule has 3 atom stereocenters. The molecule has 1 aromatic carbocycles. The van der Waals surface area contributed by atoms with Crippen LogP contribution in [0.4, 0.5) is 0 Å². The lowest BCUT2D eigenvalue weighted by molar-refractivity contribution is 0.0203. The van der Waals surface area contributed by atoms with Gasteiger partial charge in [0.2, 0.25) is 0 Å². The van der Waals surface area contributed by atoms with Crippen molar-refractivity contribution >= 4 is 27.7 Å². The molecule has 4 heteroatoms. The molecular formula is C17H24BrNOS. The zero-order valence-electron chi connectivity index (χ0n) is 12.8. The van der Waals surface area contributed by atoms with E-state index in [9.17, 15) is 0 Å². The maximum absolute atomic E-state index is 6.56. The molecule has 2 heterocycles. The third-order valence-electron chi connectivity index (χ3n) is 4.70. The predicted molar refractivity (Wildman–Crippen MR) is 94.3 cm³/mol. The van der Waals surface area contributed by atoms with Gasteiger partial charge in [0.25, 0.3) is 0 Å². The average Bonchev–Trinajstić information content (AvgIpc) is 2.49. The van der Waals surface area contributed by atoms with Crippen LogP contribution >= 0.6 is 27.7 Å². The summed E-state index contributed by atoms with van der Waals surface area (Å²) in [6, 6.07) is 6.85. The van der Waals surface area contributed by atoms with Gasteiger partial charge in [-0.15, -0.1) is 0 Å². The maximum Gasteiger partial charge on any atom is 0.125 e. The van der Waals surface area contributed by atoms with Gasteiger partial charge in [-0.1, -0.05) is 22.9 Å². The van der Waals surface area contributed by atoms with Gasteiger partial charge in [-0.05, 0) is 56.7 Å². The predicted octanol–water partition coefficient (Wildman–Crippen LogP) is 4.93. The number of halogens is 1. The summed E-state index contributed by atoms with van der Waals surface area (Å²) in [6.07, 6.45) is 4.70. The van der Waals surface area contributed by atoms with Crippen molar-refractivity contribution in [3.05, 3.63) is 28.2 Å². The molecule has 21 heavy (non-hydrogen) atoms. The van der Waals surface area contributed by atoms with Crippen LogP contribution in [0, 0.1) is 0 Å². The Bertz CT molecular complexity index is 510. The van der Waals surface area contributed by atoms with Gasteiger partial charge >= 0.3 is 0 Å². The van der Waals surface area contributed by atoms with Crippen molar-refractivity contribution < 1.29 is 4.74 Å². The van der Waals surface area contributed by atoms with Crippen molar-refractivity contribution in [2.75, 3.05) is 12.3 Å². The molecule has 0 aromatic heterocycles. The zero-order chi connectivity index (χ0) is 14.9. The van der Waals surface area contributed by atoms with Gasteiger partial charge in [0.05, 0.1) is 0 Å². The van der Waals surface area contributed by atoms with Crippen molar-refractivity contribution in [1.29, 1.82) is 0 Å². The van der Waals surface area contributed by atoms with Gasteiger partial charge in [-0.25, -0.2) is 0 Å². The van der Waals surface area contributed by atoms with E-state index in [1.165, 1.54) is 24.2 Å². The van der Waals surface area contributed by atoms with Crippen molar-refractivity contribution in [2.24, 2.45) is 0 Å². The largest absolute Gasteiger partial charge is 0.486 e. The highest BCUT2D eigenvalue weighted by Crippen LogP contribution is 2.48. The van der Waals surface area contributed by atoms with E-state index < -0.39 is 0 Å². The van der Waals surface area contributed by atoms with Crippen molar-refractivity contribution in [3.63, 3.8) is 0 Å². The van der Waals surface area contributed by atoms with E-state index in [0.717, 1.165) is 29.6 Å². The maximum atomic E-state index is 6.56. The highest BCUT2D eigenvalue weighted by atomic mass is 79.9. The summed E-state index contributed by atoms with van der Waals surface area (Å²) in [5.74, 6) is 2.35. The minimum atomic E-state index is 0.00908. The first-order valence-corrected chi connectivity index (χ1v) is 9.82. The van der Waals surface area contributed by atoms with Crippen LogP contribution in [0.3, 0.4) is 0 Å². The number of ether oxygens (including phenoxy) is 1. The Morgan fingerprint density at radius 3 is 3.10 bits per heavy atom. The summed E-state index contributed by atoms with van der Waals surface area (Å²) in [5, 5.41) is 4.30. The number of rotatable bonds is 3. The Hall–Kier alpha value is -0.190. The monoisotopic (exact) mass is 369 g/mol. The van der Waals surface area contributed by atoms with E-state index in [0.29, 0.717) is 11.3 Å². The molecule has 2 nitrogen and oxygen atoms in total. The van der Waals surface area contributed by atoms with Crippen molar-refractivity contribution in [1.82, 2.24) is 5.32 Å². The first-order chi connectivity index (χ1) is 10.1. The lowest BCUT2D eigenvalue weighted by Crippen LogP contribution is -2.52. The smallest absolute Gasteiger partial charge is 0.125 e. The molecule has 1 spiro atoms. The first kappa shape index (κ1) is 15.7. The molecule has 0 aliphatic carbocycles. The summed E-state index contributed by atoms with van der Waals surface area (Å²) in [5.41, 5.74) is 1.32. The van der Waals surface area contributed by atoms with Crippen LogP contribution in [-0.4, -0.2) is 23.1 Å². The van der Waals surface area contributed by atoms with Crippen LogP contribution in [-0.2, 0) is 0 Å². The Morgan fingerprint density at radius 2 is 2.33 bits per heavy atom. The molecule has 0 radical (unpaired) electrons. The van der Waals surface area contributed by atoms with Gasteiger partial charge in [0.15, 0.2) is 0 Å². The van der Waals surface area contributed by atoms with Gasteiger partial charge in [0, 0.05) is 27.7 Å². The van der Waals surface area contributed by atoms with E-state index in [4.69, 9.17) is 4.74 Å². The third-order valence-corrected chi connectivity index (χ3v) is 6.65. The Labute approximate surface area is 140 Å². The Morgan fingerprint density at radius 1 is 1.48 bits per heavy atom. The van der Waals surface area contributed by atoms with E-state index in [1.807, 2.05) is 0 Å². The van der Waals surface area contributed by atoms with E-state index in [1.54, 1.807) is 0 Å². The fourth-order valence-electron chi connectivity index (χ4n) is 3.49. The summed E-state index contributed by atoms with van der Waals surface area (Å²) < 4.78 is 7.69. The minimum absolute atomic E-state index is 0.00908. The molecule has 2 aliphatic rings. The fraction of sp³-hybridized carbons (Fsp3) is 0.647. The quantitative estimate of drug-likeness (QED) is 0.816. The molecule has 0 amide bonds. The number of hydrogen-bond acceptors (Lipinski definition) is 3. The summed E-state index contributed by atoms with van der Waals surface area (Å²) in [6.45, 7) is 5.63.